The summed E-state index contributed by atoms with van der Waals surface area (Å²) in [6.07, 6.45) is 3.82. The molecule has 1 aromatic carbocycles. The van der Waals surface area contributed by atoms with E-state index in [0.717, 1.165) is 24.8 Å². The molecule has 0 aliphatic rings. The minimum atomic E-state index is -0.105. The van der Waals surface area contributed by atoms with Gasteiger partial charge in [-0.2, -0.15) is 0 Å². The molecule has 1 heterocycles. The Morgan fingerprint density at radius 2 is 2.00 bits per heavy atom. The second-order valence-corrected chi connectivity index (χ2v) is 4.36. The van der Waals surface area contributed by atoms with E-state index in [4.69, 9.17) is 9.52 Å². The fourth-order valence-corrected chi connectivity index (χ4v) is 1.78. The molecular formula is C14H17N3O3. The second kappa shape index (κ2) is 7.40. The summed E-state index contributed by atoms with van der Waals surface area (Å²) >= 11 is 0. The van der Waals surface area contributed by atoms with Crippen LogP contribution in [0.1, 0.15) is 29.6 Å². The number of nitrogens with zero attached hydrogens (tertiary/aromatic N) is 2. The van der Waals surface area contributed by atoms with Crippen LogP contribution < -0.4 is 5.32 Å². The van der Waals surface area contributed by atoms with Crippen molar-refractivity contribution in [2.45, 2.75) is 19.3 Å². The molecule has 6 nitrogen and oxygen atoms in total. The largest absolute Gasteiger partial charge is 0.423 e. The number of hydrogen-bond donors (Lipinski definition) is 2. The fraction of sp³-hybridized carbons (Fsp3) is 0.357. The van der Waals surface area contributed by atoms with Crippen molar-refractivity contribution in [2.24, 2.45) is 0 Å². The number of unbranched alkanes of at least 4 members (excludes halogenated alkanes) is 2. The van der Waals surface area contributed by atoms with E-state index < -0.39 is 0 Å². The highest BCUT2D eigenvalue weighted by molar-refractivity contribution is 5.94. The topological polar surface area (TPSA) is 88.2 Å². The third-order valence-corrected chi connectivity index (χ3v) is 2.87. The van der Waals surface area contributed by atoms with Gasteiger partial charge in [-0.3, -0.25) is 4.79 Å². The summed E-state index contributed by atoms with van der Waals surface area (Å²) in [6, 6.07) is 6.99. The SMILES string of the molecule is O=C(NCCCCCO)c1ccc(-c2nnco2)cc1. The van der Waals surface area contributed by atoms with Gasteiger partial charge in [0.2, 0.25) is 12.3 Å². The monoisotopic (exact) mass is 275 g/mol. The second-order valence-electron chi connectivity index (χ2n) is 4.36. The highest BCUT2D eigenvalue weighted by atomic mass is 16.4. The summed E-state index contributed by atoms with van der Waals surface area (Å²) in [6.45, 7) is 0.815. The van der Waals surface area contributed by atoms with Crippen LogP contribution in [0.2, 0.25) is 0 Å². The number of aromatic nitrogens is 2. The van der Waals surface area contributed by atoms with E-state index in [1.54, 1.807) is 24.3 Å². The van der Waals surface area contributed by atoms with Crippen LogP contribution >= 0.6 is 0 Å². The Bertz CT molecular complexity index is 523. The highest BCUT2D eigenvalue weighted by Crippen LogP contribution is 2.16. The molecule has 0 saturated carbocycles. The van der Waals surface area contributed by atoms with Crippen molar-refractivity contribution in [1.29, 1.82) is 0 Å². The predicted octanol–water partition coefficient (Wildman–Crippen LogP) is 1.63. The molecule has 2 rings (SSSR count). The molecule has 1 aromatic heterocycles. The van der Waals surface area contributed by atoms with E-state index in [9.17, 15) is 4.79 Å². The number of rotatable bonds is 7. The first-order valence-electron chi connectivity index (χ1n) is 6.57. The summed E-state index contributed by atoms with van der Waals surface area (Å²) in [4.78, 5) is 11.9. The van der Waals surface area contributed by atoms with Crippen molar-refractivity contribution in [2.75, 3.05) is 13.2 Å². The van der Waals surface area contributed by atoms with E-state index in [-0.39, 0.29) is 12.5 Å². The minimum Gasteiger partial charge on any atom is -0.423 e. The van der Waals surface area contributed by atoms with Gasteiger partial charge in [0.25, 0.3) is 5.91 Å². The van der Waals surface area contributed by atoms with Crippen LogP contribution in [-0.2, 0) is 0 Å². The molecule has 2 aromatic rings. The number of nitrogens with one attached hydrogen (secondary N) is 1. The maximum atomic E-state index is 11.9. The Kier molecular flexibility index (Phi) is 5.25. The summed E-state index contributed by atoms with van der Waals surface area (Å²) in [5, 5.41) is 18.9. The number of aliphatic hydroxyl groups excluding tert-OH is 1. The smallest absolute Gasteiger partial charge is 0.251 e. The zero-order valence-corrected chi connectivity index (χ0v) is 11.1. The van der Waals surface area contributed by atoms with Crippen molar-refractivity contribution in [3.05, 3.63) is 36.2 Å². The van der Waals surface area contributed by atoms with Crippen molar-refractivity contribution < 1.29 is 14.3 Å². The standard InChI is InChI=1S/C14H17N3O3/c18-9-3-1-2-8-15-13(19)11-4-6-12(7-5-11)14-17-16-10-20-14/h4-7,10,18H,1-3,8-9H2,(H,15,19). The zero-order chi connectivity index (χ0) is 14.2. The van der Waals surface area contributed by atoms with Gasteiger partial charge in [0.1, 0.15) is 0 Å². The van der Waals surface area contributed by atoms with Crippen LogP contribution in [0.3, 0.4) is 0 Å². The number of benzene rings is 1. The van der Waals surface area contributed by atoms with Crippen LogP contribution in [0.25, 0.3) is 11.5 Å². The number of aliphatic hydroxyl groups is 1. The van der Waals surface area contributed by atoms with E-state index >= 15 is 0 Å². The fourth-order valence-electron chi connectivity index (χ4n) is 1.78. The first-order chi connectivity index (χ1) is 9.81. The van der Waals surface area contributed by atoms with Gasteiger partial charge < -0.3 is 14.8 Å². The third-order valence-electron chi connectivity index (χ3n) is 2.87. The molecule has 0 fully saturated rings. The van der Waals surface area contributed by atoms with Gasteiger partial charge in [0, 0.05) is 24.3 Å². The number of hydrogen-bond acceptors (Lipinski definition) is 5. The Morgan fingerprint density at radius 3 is 2.65 bits per heavy atom. The Labute approximate surface area is 116 Å². The zero-order valence-electron chi connectivity index (χ0n) is 11.1. The first kappa shape index (κ1) is 14.2. The van der Waals surface area contributed by atoms with Gasteiger partial charge in [-0.15, -0.1) is 10.2 Å². The number of carbonyl (C=O) groups excluding carboxylic acids is 1. The van der Waals surface area contributed by atoms with E-state index in [1.165, 1.54) is 6.39 Å². The van der Waals surface area contributed by atoms with Gasteiger partial charge in [-0.1, -0.05) is 0 Å². The van der Waals surface area contributed by atoms with E-state index in [1.807, 2.05) is 0 Å². The first-order valence-corrected chi connectivity index (χ1v) is 6.57. The molecule has 0 aliphatic carbocycles. The third kappa shape index (κ3) is 3.89. The Morgan fingerprint density at radius 1 is 1.20 bits per heavy atom. The van der Waals surface area contributed by atoms with Crippen molar-refractivity contribution in [3.63, 3.8) is 0 Å². The van der Waals surface area contributed by atoms with Crippen LogP contribution in [0.15, 0.2) is 35.1 Å². The quantitative estimate of drug-likeness (QED) is 0.750. The molecule has 2 N–H and O–H groups in total. The highest BCUT2D eigenvalue weighted by Gasteiger charge is 2.07. The van der Waals surface area contributed by atoms with Crippen LogP contribution in [-0.4, -0.2) is 34.4 Å². The molecule has 0 saturated heterocycles. The lowest BCUT2D eigenvalue weighted by Gasteiger charge is -2.05. The molecule has 20 heavy (non-hydrogen) atoms. The Hall–Kier alpha value is -2.21. The molecule has 106 valence electrons. The molecule has 0 atom stereocenters. The average molecular weight is 275 g/mol. The van der Waals surface area contributed by atoms with Gasteiger partial charge in [-0.05, 0) is 43.5 Å². The molecule has 0 unspecified atom stereocenters. The minimum absolute atomic E-state index is 0.105. The maximum Gasteiger partial charge on any atom is 0.251 e. The molecule has 6 heteroatoms. The Balaban J connectivity index is 1.85. The molecular weight excluding hydrogens is 258 g/mol. The lowest BCUT2D eigenvalue weighted by molar-refractivity contribution is 0.0953. The van der Waals surface area contributed by atoms with Gasteiger partial charge in [0.05, 0.1) is 0 Å². The van der Waals surface area contributed by atoms with E-state index in [2.05, 4.69) is 15.5 Å². The molecule has 0 spiro atoms. The van der Waals surface area contributed by atoms with Crippen molar-refractivity contribution in [1.82, 2.24) is 15.5 Å². The van der Waals surface area contributed by atoms with Crippen molar-refractivity contribution in [3.8, 4) is 11.5 Å². The summed E-state index contributed by atoms with van der Waals surface area (Å²) in [5.41, 5.74) is 1.37. The molecule has 0 bridgehead atoms. The van der Waals surface area contributed by atoms with Gasteiger partial charge in [-0.25, -0.2) is 0 Å². The molecule has 0 radical (unpaired) electrons. The number of carbonyl (C=O) groups is 1. The lowest BCUT2D eigenvalue weighted by Crippen LogP contribution is -2.24. The summed E-state index contributed by atoms with van der Waals surface area (Å²) in [7, 11) is 0. The molecule has 0 aliphatic heterocycles. The van der Waals surface area contributed by atoms with Crippen LogP contribution in [0.5, 0.6) is 0 Å². The summed E-state index contributed by atoms with van der Waals surface area (Å²) in [5.74, 6) is 0.326. The summed E-state index contributed by atoms with van der Waals surface area (Å²) < 4.78 is 5.08. The average Bonchev–Trinajstić information content (AvgIpc) is 3.01. The van der Waals surface area contributed by atoms with Gasteiger partial charge >= 0.3 is 0 Å². The predicted molar refractivity (Wildman–Crippen MR) is 73.0 cm³/mol. The maximum absolute atomic E-state index is 11.9. The normalized spacial score (nSPS) is 10.4. The van der Waals surface area contributed by atoms with E-state index in [0.29, 0.717) is 18.0 Å². The van der Waals surface area contributed by atoms with Crippen LogP contribution in [0, 0.1) is 0 Å². The van der Waals surface area contributed by atoms with Crippen LogP contribution in [0.4, 0.5) is 0 Å². The van der Waals surface area contributed by atoms with Crippen molar-refractivity contribution >= 4 is 5.91 Å². The number of amides is 1. The molecule has 1 amide bonds. The van der Waals surface area contributed by atoms with Gasteiger partial charge in [0.15, 0.2) is 0 Å². The lowest BCUT2D eigenvalue weighted by atomic mass is 10.1.